The first kappa shape index (κ1) is 18.9. The van der Waals surface area contributed by atoms with Crippen molar-refractivity contribution in [1.29, 1.82) is 0 Å². The topological polar surface area (TPSA) is 78.9 Å². The number of hydrogen-bond donors (Lipinski definition) is 2. The monoisotopic (exact) mass is 383 g/mol. The molecule has 0 spiro atoms. The molecule has 0 saturated heterocycles. The van der Waals surface area contributed by atoms with E-state index >= 15 is 0 Å². The number of rotatable bonds is 1. The Bertz CT molecular complexity index is 765. The molecule has 142 valence electrons. The van der Waals surface area contributed by atoms with Crippen molar-refractivity contribution in [3.05, 3.63) is 29.6 Å². The van der Waals surface area contributed by atoms with E-state index in [1.807, 2.05) is 0 Å². The third kappa shape index (κ3) is 3.15. The van der Waals surface area contributed by atoms with Crippen LogP contribution in [0.15, 0.2) is 23.2 Å². The lowest BCUT2D eigenvalue weighted by molar-refractivity contribution is 0.141. The smallest absolute Gasteiger partial charge is 0.413 e. The number of carboxylic acid groups (broad SMARTS) is 1. The highest BCUT2D eigenvalue weighted by Gasteiger charge is 2.53. The molecule has 3 unspecified atom stereocenters. The van der Waals surface area contributed by atoms with Gasteiger partial charge in [0.2, 0.25) is 0 Å². The van der Waals surface area contributed by atoms with Crippen LogP contribution in [0.3, 0.4) is 0 Å². The first-order valence-corrected chi connectivity index (χ1v) is 9.48. The van der Waals surface area contributed by atoms with Gasteiger partial charge in [-0.25, -0.2) is 18.6 Å². The molecular weight excluding hydrogens is 360 g/mol. The second-order valence-corrected chi connectivity index (χ2v) is 8.88. The van der Waals surface area contributed by atoms with Gasteiger partial charge in [-0.3, -0.25) is 4.90 Å². The second kappa shape index (κ2) is 6.40. The summed E-state index contributed by atoms with van der Waals surface area (Å²) in [7, 11) is 0. The number of carbonyl (C=O) groups is 1. The van der Waals surface area contributed by atoms with Gasteiger partial charge in [0.05, 0.1) is 5.54 Å². The van der Waals surface area contributed by atoms with Gasteiger partial charge in [-0.05, 0) is 45.4 Å². The van der Waals surface area contributed by atoms with Gasteiger partial charge in [0.1, 0.15) is 12.0 Å². The molecule has 3 atom stereocenters. The number of halogens is 2. The van der Waals surface area contributed by atoms with Crippen LogP contribution in [0.2, 0.25) is 0 Å². The third-order valence-electron chi connectivity index (χ3n) is 4.97. The normalized spacial score (nSPS) is 28.4. The van der Waals surface area contributed by atoms with Crippen molar-refractivity contribution >= 4 is 28.7 Å². The molecule has 5 nitrogen and oxygen atoms in total. The van der Waals surface area contributed by atoms with E-state index in [2.05, 4.69) is 4.99 Å². The van der Waals surface area contributed by atoms with Crippen molar-refractivity contribution in [2.75, 3.05) is 11.5 Å². The Morgan fingerprint density at radius 1 is 1.46 bits per heavy atom. The average Bonchev–Trinajstić information content (AvgIpc) is 2.84. The molecule has 1 amide bonds. The molecule has 1 fully saturated rings. The summed E-state index contributed by atoms with van der Waals surface area (Å²) in [4.78, 5) is 17.7. The van der Waals surface area contributed by atoms with E-state index < -0.39 is 29.2 Å². The van der Waals surface area contributed by atoms with E-state index in [9.17, 15) is 18.7 Å². The van der Waals surface area contributed by atoms with E-state index in [-0.39, 0.29) is 29.5 Å². The predicted octanol–water partition coefficient (Wildman–Crippen LogP) is 4.23. The minimum atomic E-state index is -1.14. The predicted molar refractivity (Wildman–Crippen MR) is 99.6 cm³/mol. The number of nitrogens with two attached hydrogens (primary N) is 1. The van der Waals surface area contributed by atoms with Crippen molar-refractivity contribution in [3.8, 4) is 0 Å². The molecule has 2 aliphatic rings. The molecule has 1 aliphatic heterocycles. The quantitative estimate of drug-likeness (QED) is 0.711. The van der Waals surface area contributed by atoms with E-state index in [4.69, 9.17) is 5.73 Å². The van der Waals surface area contributed by atoms with Gasteiger partial charge in [-0.2, -0.15) is 0 Å². The Hall–Kier alpha value is -1.83. The average molecular weight is 383 g/mol. The van der Waals surface area contributed by atoms with Crippen LogP contribution in [0.5, 0.6) is 0 Å². The molecule has 0 aromatic heterocycles. The van der Waals surface area contributed by atoms with Crippen molar-refractivity contribution in [3.63, 3.8) is 0 Å². The van der Waals surface area contributed by atoms with Crippen molar-refractivity contribution in [2.24, 2.45) is 10.9 Å². The van der Waals surface area contributed by atoms with E-state index in [0.29, 0.717) is 11.4 Å². The number of alkyl halides is 1. The van der Waals surface area contributed by atoms with Gasteiger partial charge >= 0.3 is 6.09 Å². The zero-order valence-corrected chi connectivity index (χ0v) is 15.8. The van der Waals surface area contributed by atoms with Gasteiger partial charge in [-0.1, -0.05) is 11.8 Å². The molecule has 1 aliphatic carbocycles. The van der Waals surface area contributed by atoms with Gasteiger partial charge in [0, 0.05) is 34.9 Å². The summed E-state index contributed by atoms with van der Waals surface area (Å²) in [6, 6.07) is 4.21. The number of fused-ring (bicyclic) bond motifs is 1. The van der Waals surface area contributed by atoms with Gasteiger partial charge in [-0.15, -0.1) is 0 Å². The molecular formula is C18H23F2N3O2S. The molecule has 1 aromatic carbocycles. The molecule has 0 radical (unpaired) electrons. The lowest BCUT2D eigenvalue weighted by Gasteiger charge is -2.41. The summed E-state index contributed by atoms with van der Waals surface area (Å²) in [6.07, 6.45) is -1.95. The van der Waals surface area contributed by atoms with Gasteiger partial charge in [0.15, 0.2) is 5.17 Å². The van der Waals surface area contributed by atoms with E-state index in [1.54, 1.807) is 20.8 Å². The maximum absolute atomic E-state index is 14.7. The Kier molecular flexibility index (Phi) is 4.67. The number of anilines is 1. The van der Waals surface area contributed by atoms with E-state index in [1.165, 1.54) is 34.9 Å². The zero-order valence-electron chi connectivity index (χ0n) is 15.0. The summed E-state index contributed by atoms with van der Waals surface area (Å²) in [5.41, 5.74) is 4.61. The summed E-state index contributed by atoms with van der Waals surface area (Å²) in [6.45, 7) is 5.28. The maximum Gasteiger partial charge on any atom is 0.413 e. The summed E-state index contributed by atoms with van der Waals surface area (Å²) >= 11 is 1.28. The number of amides is 1. The molecule has 26 heavy (non-hydrogen) atoms. The number of benzene rings is 1. The van der Waals surface area contributed by atoms with Crippen LogP contribution in [0.25, 0.3) is 0 Å². The lowest BCUT2D eigenvalue weighted by atomic mass is 9.81. The number of amidine groups is 1. The van der Waals surface area contributed by atoms with Crippen LogP contribution in [0, 0.1) is 11.7 Å². The Labute approximate surface area is 155 Å². The molecule has 1 saturated carbocycles. The fourth-order valence-corrected chi connectivity index (χ4v) is 5.32. The SMILES string of the molecule is CC(C)(C)N(C(=O)O)C1=NC2(c3cc(N)ccc3F)CC(F)CC2CS1. The van der Waals surface area contributed by atoms with Crippen molar-refractivity contribution in [2.45, 2.75) is 50.9 Å². The molecule has 3 rings (SSSR count). The van der Waals surface area contributed by atoms with Gasteiger partial charge in [0.25, 0.3) is 0 Å². The third-order valence-corrected chi connectivity index (χ3v) is 6.07. The summed E-state index contributed by atoms with van der Waals surface area (Å²) in [5, 5.41) is 9.95. The van der Waals surface area contributed by atoms with Gasteiger partial charge < -0.3 is 10.8 Å². The van der Waals surface area contributed by atoms with E-state index in [0.717, 1.165) is 0 Å². The van der Waals surface area contributed by atoms with Crippen LogP contribution in [-0.4, -0.2) is 38.7 Å². The first-order valence-electron chi connectivity index (χ1n) is 8.50. The molecule has 1 aromatic rings. The summed E-state index contributed by atoms with van der Waals surface area (Å²) < 4.78 is 29.0. The summed E-state index contributed by atoms with van der Waals surface area (Å²) in [5.74, 6) is -0.225. The van der Waals surface area contributed by atoms with Crippen molar-refractivity contribution < 1.29 is 18.7 Å². The fourth-order valence-electron chi connectivity index (χ4n) is 3.85. The Morgan fingerprint density at radius 2 is 2.15 bits per heavy atom. The Morgan fingerprint density at radius 3 is 2.77 bits per heavy atom. The highest BCUT2D eigenvalue weighted by atomic mass is 32.2. The van der Waals surface area contributed by atoms with Crippen LogP contribution in [0.4, 0.5) is 19.3 Å². The highest BCUT2D eigenvalue weighted by molar-refractivity contribution is 8.13. The van der Waals surface area contributed by atoms with Crippen LogP contribution >= 0.6 is 11.8 Å². The molecule has 8 heteroatoms. The highest BCUT2D eigenvalue weighted by Crippen LogP contribution is 2.53. The fraction of sp³-hybridized carbons (Fsp3) is 0.556. The molecule has 0 bridgehead atoms. The number of aliphatic imine (C=N–C) groups is 1. The first-order chi connectivity index (χ1) is 12.0. The number of thioether (sulfide) groups is 1. The minimum absolute atomic E-state index is 0.0275. The molecule has 3 N–H and O–H groups in total. The minimum Gasteiger partial charge on any atom is -0.465 e. The van der Waals surface area contributed by atoms with Crippen LogP contribution in [-0.2, 0) is 5.54 Å². The second-order valence-electron chi connectivity index (χ2n) is 7.89. The van der Waals surface area contributed by atoms with Crippen LogP contribution < -0.4 is 5.73 Å². The lowest BCUT2D eigenvalue weighted by Crippen LogP contribution is -2.50. The number of nitrogens with zero attached hydrogens (tertiary/aromatic N) is 2. The molecule has 1 heterocycles. The van der Waals surface area contributed by atoms with Crippen molar-refractivity contribution in [1.82, 2.24) is 4.90 Å². The standard InChI is InChI=1S/C18H23F2N3O2S/c1-17(2,3)23(16(24)25)15-22-18(8-11(19)6-10(18)9-26-15)13-7-12(21)4-5-14(13)20/h4-5,7,10-11H,6,8-9,21H2,1-3H3,(H,24,25). The number of hydrogen-bond acceptors (Lipinski definition) is 4. The largest absolute Gasteiger partial charge is 0.465 e. The van der Waals surface area contributed by atoms with Crippen LogP contribution in [0.1, 0.15) is 39.2 Å². The Balaban J connectivity index is 2.18. The number of nitrogen functional groups attached to an aromatic ring is 1. The zero-order chi connectivity index (χ0) is 19.3. The maximum atomic E-state index is 14.7.